The van der Waals surface area contributed by atoms with Gasteiger partial charge in [-0.15, -0.1) is 11.6 Å². The van der Waals surface area contributed by atoms with Gasteiger partial charge < -0.3 is 9.73 Å². The van der Waals surface area contributed by atoms with Gasteiger partial charge in [-0.3, -0.25) is 0 Å². The van der Waals surface area contributed by atoms with Crippen LogP contribution in [0.5, 0.6) is 0 Å². The molecule has 0 unspecified atom stereocenters. The molecule has 3 rings (SSSR count). The summed E-state index contributed by atoms with van der Waals surface area (Å²) in [5.74, 6) is 1.63. The number of fused-ring (bicyclic) bond motifs is 1. The molecule has 4 heteroatoms. The summed E-state index contributed by atoms with van der Waals surface area (Å²) in [6, 6.07) is 3.84. The molecule has 0 atom stereocenters. The molecule has 2 heterocycles. The van der Waals surface area contributed by atoms with Crippen molar-refractivity contribution in [3.8, 4) is 0 Å². The predicted octanol–water partition coefficient (Wildman–Crippen LogP) is 4.43. The summed E-state index contributed by atoms with van der Waals surface area (Å²) in [7, 11) is 0. The Kier molecular flexibility index (Phi) is 3.65. The van der Waals surface area contributed by atoms with Crippen LogP contribution >= 0.6 is 11.6 Å². The minimum atomic E-state index is 0.230. The number of hydrogen-bond donors (Lipinski definition) is 1. The highest BCUT2D eigenvalue weighted by molar-refractivity contribution is 6.18. The van der Waals surface area contributed by atoms with E-state index in [4.69, 9.17) is 16.0 Å². The van der Waals surface area contributed by atoms with Crippen LogP contribution in [0.1, 0.15) is 32.1 Å². The third-order valence-corrected chi connectivity index (χ3v) is 4.78. The van der Waals surface area contributed by atoms with Gasteiger partial charge >= 0.3 is 0 Å². The zero-order valence-electron chi connectivity index (χ0n) is 11.0. The quantitative estimate of drug-likeness (QED) is 0.841. The summed E-state index contributed by atoms with van der Waals surface area (Å²) in [5.41, 5.74) is 1.11. The van der Waals surface area contributed by atoms with Crippen LogP contribution in [-0.4, -0.2) is 17.4 Å². The molecule has 1 saturated carbocycles. The van der Waals surface area contributed by atoms with E-state index in [0.717, 1.165) is 29.2 Å². The summed E-state index contributed by atoms with van der Waals surface area (Å²) in [6.07, 6.45) is 9.83. The Hall–Kier alpha value is -1.22. The van der Waals surface area contributed by atoms with E-state index in [2.05, 4.69) is 10.3 Å². The highest BCUT2D eigenvalue weighted by Gasteiger charge is 2.31. The summed E-state index contributed by atoms with van der Waals surface area (Å²) in [6.45, 7) is 0.897. The van der Waals surface area contributed by atoms with Crippen molar-refractivity contribution in [2.24, 2.45) is 5.41 Å². The number of anilines is 1. The number of nitrogens with zero attached hydrogens (tertiary/aromatic N) is 1. The number of alkyl halides is 1. The van der Waals surface area contributed by atoms with Crippen molar-refractivity contribution < 1.29 is 4.42 Å². The number of hydrogen-bond acceptors (Lipinski definition) is 3. The average molecular weight is 279 g/mol. The molecule has 0 spiro atoms. The first kappa shape index (κ1) is 12.8. The number of halogens is 1. The Morgan fingerprint density at radius 1 is 1.26 bits per heavy atom. The molecule has 2 aromatic heterocycles. The van der Waals surface area contributed by atoms with Gasteiger partial charge in [-0.2, -0.15) is 0 Å². The van der Waals surface area contributed by atoms with E-state index >= 15 is 0 Å². The average Bonchev–Trinajstić information content (AvgIpc) is 2.95. The van der Waals surface area contributed by atoms with Crippen LogP contribution in [0.15, 0.2) is 29.0 Å². The fourth-order valence-electron chi connectivity index (χ4n) is 2.97. The van der Waals surface area contributed by atoms with Gasteiger partial charge in [0, 0.05) is 24.0 Å². The fraction of sp³-hybridized carbons (Fsp3) is 0.533. The maximum absolute atomic E-state index is 6.22. The highest BCUT2D eigenvalue weighted by Crippen LogP contribution is 2.37. The van der Waals surface area contributed by atoms with Crippen molar-refractivity contribution in [2.45, 2.75) is 32.1 Å². The first-order valence-corrected chi connectivity index (χ1v) is 7.49. The van der Waals surface area contributed by atoms with E-state index in [-0.39, 0.29) is 5.41 Å². The molecule has 1 aliphatic carbocycles. The molecule has 0 radical (unpaired) electrons. The van der Waals surface area contributed by atoms with Crippen LogP contribution in [0, 0.1) is 5.41 Å². The van der Waals surface area contributed by atoms with Gasteiger partial charge in [-0.1, -0.05) is 19.3 Å². The van der Waals surface area contributed by atoms with Crippen LogP contribution < -0.4 is 5.32 Å². The molecule has 1 aliphatic rings. The topological polar surface area (TPSA) is 38.1 Å². The molecular weight excluding hydrogens is 260 g/mol. The molecule has 1 N–H and O–H groups in total. The van der Waals surface area contributed by atoms with Crippen molar-refractivity contribution in [1.29, 1.82) is 0 Å². The number of nitrogens with one attached hydrogen (secondary N) is 1. The second-order valence-electron chi connectivity index (χ2n) is 5.54. The Balaban J connectivity index is 1.76. The largest absolute Gasteiger partial charge is 0.464 e. The van der Waals surface area contributed by atoms with Gasteiger partial charge in [-0.25, -0.2) is 4.98 Å². The predicted molar refractivity (Wildman–Crippen MR) is 78.7 cm³/mol. The van der Waals surface area contributed by atoms with Crippen molar-refractivity contribution in [3.05, 3.63) is 24.6 Å². The lowest BCUT2D eigenvalue weighted by Gasteiger charge is -2.35. The van der Waals surface area contributed by atoms with Gasteiger partial charge in [0.2, 0.25) is 0 Å². The van der Waals surface area contributed by atoms with Crippen LogP contribution in [0.4, 0.5) is 5.82 Å². The monoisotopic (exact) mass is 278 g/mol. The number of aromatic nitrogens is 1. The maximum atomic E-state index is 6.22. The summed E-state index contributed by atoms with van der Waals surface area (Å²) in [5, 5.41) is 4.52. The number of pyridine rings is 1. The van der Waals surface area contributed by atoms with Crippen molar-refractivity contribution in [3.63, 3.8) is 0 Å². The molecule has 3 nitrogen and oxygen atoms in total. The Labute approximate surface area is 118 Å². The zero-order valence-corrected chi connectivity index (χ0v) is 11.7. The first-order valence-electron chi connectivity index (χ1n) is 6.95. The van der Waals surface area contributed by atoms with Crippen molar-refractivity contribution >= 4 is 28.4 Å². The Morgan fingerprint density at radius 2 is 2.11 bits per heavy atom. The Bertz CT molecular complexity index is 546. The number of rotatable bonds is 4. The second kappa shape index (κ2) is 5.41. The Morgan fingerprint density at radius 3 is 2.89 bits per heavy atom. The molecule has 0 aliphatic heterocycles. The molecule has 0 bridgehead atoms. The standard InChI is InChI=1S/C15H19ClN2O/c16-10-15(6-2-1-3-7-15)11-18-14-12-5-9-19-13(12)4-8-17-14/h4-5,8-9H,1-3,6-7,10-11H2,(H,17,18). The lowest BCUT2D eigenvalue weighted by Crippen LogP contribution is -2.34. The molecular formula is C15H19ClN2O. The van der Waals surface area contributed by atoms with Crippen LogP contribution in [0.3, 0.4) is 0 Å². The molecule has 2 aromatic rings. The molecule has 0 aromatic carbocycles. The first-order chi connectivity index (χ1) is 9.33. The van der Waals surface area contributed by atoms with Gasteiger partial charge in [0.05, 0.1) is 11.6 Å². The van der Waals surface area contributed by atoms with E-state index in [1.807, 2.05) is 12.1 Å². The zero-order chi connectivity index (χ0) is 13.1. The van der Waals surface area contributed by atoms with Gasteiger partial charge in [0.25, 0.3) is 0 Å². The SMILES string of the molecule is ClCC1(CNc2nccc3occc23)CCCCC1. The van der Waals surface area contributed by atoms with Gasteiger partial charge in [0.1, 0.15) is 11.4 Å². The van der Waals surface area contributed by atoms with Crippen LogP contribution in [-0.2, 0) is 0 Å². The highest BCUT2D eigenvalue weighted by atomic mass is 35.5. The fourth-order valence-corrected chi connectivity index (χ4v) is 3.33. The van der Waals surface area contributed by atoms with Crippen LogP contribution in [0.2, 0.25) is 0 Å². The molecule has 1 fully saturated rings. The van der Waals surface area contributed by atoms with Crippen molar-refractivity contribution in [2.75, 3.05) is 17.7 Å². The molecule has 0 saturated heterocycles. The van der Waals surface area contributed by atoms with E-state index in [1.165, 1.54) is 32.1 Å². The lowest BCUT2D eigenvalue weighted by molar-refractivity contribution is 0.238. The molecule has 0 amide bonds. The van der Waals surface area contributed by atoms with Gasteiger partial charge in [-0.05, 0) is 25.0 Å². The summed E-state index contributed by atoms with van der Waals surface area (Å²) < 4.78 is 5.40. The minimum Gasteiger partial charge on any atom is -0.464 e. The third kappa shape index (κ3) is 2.57. The van der Waals surface area contributed by atoms with Crippen LogP contribution in [0.25, 0.3) is 11.0 Å². The van der Waals surface area contributed by atoms with E-state index in [1.54, 1.807) is 12.5 Å². The normalized spacial score (nSPS) is 18.6. The van der Waals surface area contributed by atoms with Crippen molar-refractivity contribution in [1.82, 2.24) is 4.98 Å². The van der Waals surface area contributed by atoms with E-state index in [0.29, 0.717) is 0 Å². The number of furan rings is 1. The smallest absolute Gasteiger partial charge is 0.139 e. The summed E-state index contributed by atoms with van der Waals surface area (Å²) in [4.78, 5) is 4.41. The van der Waals surface area contributed by atoms with Gasteiger partial charge in [0.15, 0.2) is 0 Å². The van der Waals surface area contributed by atoms with E-state index < -0.39 is 0 Å². The second-order valence-corrected chi connectivity index (χ2v) is 5.81. The molecule has 19 heavy (non-hydrogen) atoms. The third-order valence-electron chi connectivity index (χ3n) is 4.21. The van der Waals surface area contributed by atoms with E-state index in [9.17, 15) is 0 Å². The minimum absolute atomic E-state index is 0.230. The molecule has 102 valence electrons. The maximum Gasteiger partial charge on any atom is 0.139 e. The lowest BCUT2D eigenvalue weighted by atomic mass is 9.75. The summed E-state index contributed by atoms with van der Waals surface area (Å²) >= 11 is 6.22.